The summed E-state index contributed by atoms with van der Waals surface area (Å²) in [7, 11) is 0. The normalized spacial score (nSPS) is 18.5. The smallest absolute Gasteiger partial charge is 0.288 e. The fraction of sp³-hybridized carbons (Fsp3) is 0.500. The second-order valence-electron chi connectivity index (χ2n) is 6.90. The van der Waals surface area contributed by atoms with E-state index in [1.807, 2.05) is 12.1 Å². The van der Waals surface area contributed by atoms with Crippen molar-refractivity contribution >= 4 is 23.8 Å². The van der Waals surface area contributed by atoms with Gasteiger partial charge in [0, 0.05) is 44.8 Å². The summed E-state index contributed by atoms with van der Waals surface area (Å²) in [5.74, 6) is 0.409. The van der Waals surface area contributed by atoms with Crippen molar-refractivity contribution in [3.8, 4) is 0 Å². The summed E-state index contributed by atoms with van der Waals surface area (Å²) in [5, 5.41) is 4.44. The first-order valence-electron chi connectivity index (χ1n) is 9.16. The molecule has 0 saturated carbocycles. The van der Waals surface area contributed by atoms with Crippen molar-refractivity contribution in [1.82, 2.24) is 19.6 Å². The molecule has 1 amide bonds. The topological polar surface area (TPSA) is 57.8 Å². The summed E-state index contributed by atoms with van der Waals surface area (Å²) >= 11 is 5.28. The number of anilines is 1. The van der Waals surface area contributed by atoms with Crippen molar-refractivity contribution in [2.24, 2.45) is 0 Å². The molecule has 9 heteroatoms. The van der Waals surface area contributed by atoms with E-state index in [1.165, 1.54) is 12.1 Å². The molecule has 2 aliphatic heterocycles. The summed E-state index contributed by atoms with van der Waals surface area (Å²) in [6, 6.07) is 6.60. The van der Waals surface area contributed by atoms with Gasteiger partial charge in [0.1, 0.15) is 5.82 Å². The Labute approximate surface area is 162 Å². The van der Waals surface area contributed by atoms with Crippen molar-refractivity contribution in [2.45, 2.75) is 26.1 Å². The highest BCUT2D eigenvalue weighted by molar-refractivity contribution is 7.71. The van der Waals surface area contributed by atoms with E-state index in [9.17, 15) is 9.18 Å². The van der Waals surface area contributed by atoms with Crippen LogP contribution in [0.5, 0.6) is 0 Å². The van der Waals surface area contributed by atoms with Gasteiger partial charge in [-0.2, -0.15) is 0 Å². The van der Waals surface area contributed by atoms with Crippen molar-refractivity contribution in [1.29, 1.82) is 0 Å². The lowest BCUT2D eigenvalue weighted by molar-refractivity contribution is -0.128. The maximum Gasteiger partial charge on any atom is 0.288 e. The minimum Gasteiger partial charge on any atom is -0.412 e. The highest BCUT2D eigenvalue weighted by atomic mass is 32.1. The van der Waals surface area contributed by atoms with Crippen LogP contribution < -0.4 is 4.90 Å². The predicted molar refractivity (Wildman–Crippen MR) is 100 cm³/mol. The Morgan fingerprint density at radius 3 is 2.52 bits per heavy atom. The van der Waals surface area contributed by atoms with Crippen molar-refractivity contribution in [3.63, 3.8) is 0 Å². The molecule has 0 aliphatic carbocycles. The number of benzene rings is 1. The van der Waals surface area contributed by atoms with E-state index in [4.69, 9.17) is 16.6 Å². The minimum atomic E-state index is -0.218. The monoisotopic (exact) mass is 391 g/mol. The Bertz CT molecular complexity index is 857. The molecule has 0 unspecified atom stereocenters. The molecule has 7 nitrogen and oxygen atoms in total. The number of aromatic nitrogens is 2. The Balaban J connectivity index is 1.33. The van der Waals surface area contributed by atoms with Gasteiger partial charge in [0.2, 0.25) is 11.8 Å². The van der Waals surface area contributed by atoms with Gasteiger partial charge in [-0.3, -0.25) is 9.69 Å². The van der Waals surface area contributed by atoms with Gasteiger partial charge in [0.25, 0.3) is 4.84 Å². The first-order chi connectivity index (χ1) is 13.1. The lowest BCUT2D eigenvalue weighted by Crippen LogP contribution is -2.47. The number of hydrogen-bond donors (Lipinski definition) is 0. The molecule has 0 bridgehead atoms. The van der Waals surface area contributed by atoms with Gasteiger partial charge >= 0.3 is 0 Å². The van der Waals surface area contributed by atoms with Crippen molar-refractivity contribution < 1.29 is 13.6 Å². The molecule has 2 aliphatic rings. The van der Waals surface area contributed by atoms with Gasteiger partial charge in [-0.25, -0.2) is 9.07 Å². The molecule has 144 valence electrons. The van der Waals surface area contributed by atoms with Crippen molar-refractivity contribution in [3.05, 3.63) is 40.8 Å². The van der Waals surface area contributed by atoms with E-state index in [-0.39, 0.29) is 11.7 Å². The number of halogens is 1. The Kier molecular flexibility index (Phi) is 5.22. The Morgan fingerprint density at radius 1 is 1.11 bits per heavy atom. The number of likely N-dealkylation sites (tertiary alicyclic amines) is 1. The van der Waals surface area contributed by atoms with Gasteiger partial charge in [0.05, 0.1) is 13.2 Å². The third-order valence-electron chi connectivity index (χ3n) is 5.04. The highest BCUT2D eigenvalue weighted by Gasteiger charge is 2.23. The van der Waals surface area contributed by atoms with Gasteiger partial charge in [0.15, 0.2) is 0 Å². The highest BCUT2D eigenvalue weighted by Crippen LogP contribution is 2.18. The Hall–Kier alpha value is -2.26. The largest absolute Gasteiger partial charge is 0.412 e. The zero-order chi connectivity index (χ0) is 18.8. The number of amides is 1. The molecule has 0 atom stereocenters. The first kappa shape index (κ1) is 18.1. The molecule has 2 saturated heterocycles. The fourth-order valence-electron chi connectivity index (χ4n) is 3.53. The molecular weight excluding hydrogens is 369 g/mol. The summed E-state index contributed by atoms with van der Waals surface area (Å²) in [5.41, 5.74) is 1.03. The average molecular weight is 391 g/mol. The van der Waals surface area contributed by atoms with E-state index < -0.39 is 0 Å². The molecule has 2 fully saturated rings. The number of nitrogens with zero attached hydrogens (tertiary/aromatic N) is 5. The van der Waals surface area contributed by atoms with Gasteiger partial charge in [-0.1, -0.05) is 0 Å². The lowest BCUT2D eigenvalue weighted by atomic mass is 10.2. The van der Waals surface area contributed by atoms with E-state index in [2.05, 4.69) is 14.9 Å². The average Bonchev–Trinajstić information content (AvgIpc) is 3.22. The molecule has 3 heterocycles. The zero-order valence-electron chi connectivity index (χ0n) is 15.0. The maximum atomic E-state index is 13.1. The van der Waals surface area contributed by atoms with Crippen LogP contribution in [-0.2, 0) is 18.0 Å². The molecule has 27 heavy (non-hydrogen) atoms. The molecule has 0 N–H and O–H groups in total. The van der Waals surface area contributed by atoms with Crippen LogP contribution in [0.2, 0.25) is 0 Å². The van der Waals surface area contributed by atoms with Crippen LogP contribution in [0.15, 0.2) is 28.7 Å². The summed E-state index contributed by atoms with van der Waals surface area (Å²) in [4.78, 5) is 18.3. The molecule has 1 aromatic carbocycles. The predicted octanol–water partition coefficient (Wildman–Crippen LogP) is 2.25. The number of carbonyl (C=O) groups is 1. The van der Waals surface area contributed by atoms with Gasteiger partial charge < -0.3 is 14.2 Å². The SMILES string of the molecule is O=C1CCCN1Cc1nn(CN2CCN(c3ccc(F)cc3)CC2)c(=S)o1. The van der Waals surface area contributed by atoms with Gasteiger partial charge in [-0.05, 0) is 42.9 Å². The Morgan fingerprint density at radius 2 is 1.85 bits per heavy atom. The number of carbonyl (C=O) groups excluding carboxylic acids is 1. The van der Waals surface area contributed by atoms with Crippen LogP contribution in [0, 0.1) is 10.7 Å². The number of hydrogen-bond acceptors (Lipinski definition) is 6. The summed E-state index contributed by atoms with van der Waals surface area (Å²) in [6.45, 7) is 5.11. The molecule has 1 aromatic heterocycles. The van der Waals surface area contributed by atoms with E-state index >= 15 is 0 Å². The second-order valence-corrected chi connectivity index (χ2v) is 7.25. The molecule has 0 spiro atoms. The fourth-order valence-corrected chi connectivity index (χ4v) is 3.72. The third-order valence-corrected chi connectivity index (χ3v) is 5.34. The van der Waals surface area contributed by atoms with Crippen LogP contribution >= 0.6 is 12.2 Å². The molecule has 0 radical (unpaired) electrons. The summed E-state index contributed by atoms with van der Waals surface area (Å²) < 4.78 is 20.3. The second kappa shape index (κ2) is 7.77. The van der Waals surface area contributed by atoms with Crippen LogP contribution in [0.25, 0.3) is 0 Å². The standard InChI is InChI=1S/C18H22FN5O2S/c19-14-3-5-15(6-4-14)22-10-8-21(9-11-22)13-24-18(27)26-16(20-24)12-23-7-1-2-17(23)25/h3-6H,1-2,7-13H2. The van der Waals surface area contributed by atoms with Crippen molar-refractivity contribution in [2.75, 3.05) is 37.6 Å². The zero-order valence-corrected chi connectivity index (χ0v) is 15.8. The van der Waals surface area contributed by atoms with E-state index in [0.29, 0.717) is 30.4 Å². The van der Waals surface area contributed by atoms with Gasteiger partial charge in [-0.15, -0.1) is 5.10 Å². The van der Waals surface area contributed by atoms with E-state index in [1.54, 1.807) is 9.58 Å². The van der Waals surface area contributed by atoms with Crippen LogP contribution in [-0.4, -0.2) is 58.2 Å². The molecular formula is C18H22FN5O2S. The lowest BCUT2D eigenvalue weighted by Gasteiger charge is -2.35. The van der Waals surface area contributed by atoms with Crippen LogP contribution in [0.4, 0.5) is 10.1 Å². The van der Waals surface area contributed by atoms with E-state index in [0.717, 1.165) is 44.8 Å². The molecule has 2 aromatic rings. The maximum absolute atomic E-state index is 13.1. The number of rotatable bonds is 5. The quantitative estimate of drug-likeness (QED) is 0.729. The third kappa shape index (κ3) is 4.19. The minimum absolute atomic E-state index is 0.141. The first-order valence-corrected chi connectivity index (χ1v) is 9.57. The summed E-state index contributed by atoms with van der Waals surface area (Å²) in [6.07, 6.45) is 1.48. The van der Waals surface area contributed by atoms with Crippen LogP contribution in [0.1, 0.15) is 18.7 Å². The number of piperazine rings is 1. The van der Waals surface area contributed by atoms with Crippen LogP contribution in [0.3, 0.4) is 0 Å². The molecule has 4 rings (SSSR count).